The van der Waals surface area contributed by atoms with Crippen molar-refractivity contribution in [2.75, 3.05) is 23.3 Å². The molecular formula is C21H19ClN4O3. The van der Waals surface area contributed by atoms with Gasteiger partial charge in [0.2, 0.25) is 0 Å². The molecule has 0 bridgehead atoms. The summed E-state index contributed by atoms with van der Waals surface area (Å²) in [6, 6.07) is 9.74. The lowest BCUT2D eigenvalue weighted by Gasteiger charge is -2.30. The van der Waals surface area contributed by atoms with Crippen LogP contribution in [0.1, 0.15) is 29.6 Å². The Morgan fingerprint density at radius 1 is 1.10 bits per heavy atom. The van der Waals surface area contributed by atoms with Gasteiger partial charge in [-0.15, -0.1) is 0 Å². The van der Waals surface area contributed by atoms with E-state index < -0.39 is 10.8 Å². The van der Waals surface area contributed by atoms with Gasteiger partial charge in [0, 0.05) is 53.0 Å². The van der Waals surface area contributed by atoms with E-state index in [1.54, 1.807) is 12.4 Å². The maximum Gasteiger partial charge on any atom is 0.283 e. The van der Waals surface area contributed by atoms with Gasteiger partial charge < -0.3 is 10.2 Å². The summed E-state index contributed by atoms with van der Waals surface area (Å²) in [4.78, 5) is 30.0. The molecule has 1 fully saturated rings. The molecule has 148 valence electrons. The Morgan fingerprint density at radius 3 is 2.66 bits per heavy atom. The molecule has 8 heteroatoms. The Hall–Kier alpha value is -3.19. The summed E-state index contributed by atoms with van der Waals surface area (Å²) in [6.07, 6.45) is 6.99. The predicted molar refractivity (Wildman–Crippen MR) is 114 cm³/mol. The largest absolute Gasteiger partial charge is 0.371 e. The first-order valence-corrected chi connectivity index (χ1v) is 9.79. The molecule has 2 heterocycles. The van der Waals surface area contributed by atoms with Gasteiger partial charge in [0.1, 0.15) is 5.56 Å². The van der Waals surface area contributed by atoms with Crippen molar-refractivity contribution in [2.45, 2.75) is 19.3 Å². The summed E-state index contributed by atoms with van der Waals surface area (Å²) in [7, 11) is 0. The van der Waals surface area contributed by atoms with E-state index >= 15 is 0 Å². The first-order chi connectivity index (χ1) is 14.0. The molecule has 0 saturated carbocycles. The van der Waals surface area contributed by atoms with Crippen LogP contribution in [0.5, 0.6) is 0 Å². The van der Waals surface area contributed by atoms with Crippen LogP contribution in [0.2, 0.25) is 5.02 Å². The smallest absolute Gasteiger partial charge is 0.283 e. The third-order valence-electron chi connectivity index (χ3n) is 5.14. The third-order valence-corrected chi connectivity index (χ3v) is 5.38. The van der Waals surface area contributed by atoms with E-state index in [1.165, 1.54) is 24.6 Å². The number of nitrogens with one attached hydrogen (secondary N) is 1. The van der Waals surface area contributed by atoms with Gasteiger partial charge in [-0.25, -0.2) is 0 Å². The van der Waals surface area contributed by atoms with E-state index in [4.69, 9.17) is 11.6 Å². The minimum Gasteiger partial charge on any atom is -0.371 e. The zero-order valence-electron chi connectivity index (χ0n) is 15.6. The molecular weight excluding hydrogens is 392 g/mol. The number of halogens is 1. The lowest BCUT2D eigenvalue weighted by molar-refractivity contribution is -0.385. The second kappa shape index (κ2) is 8.05. The summed E-state index contributed by atoms with van der Waals surface area (Å²) in [5, 5.41) is 16.1. The lowest BCUT2D eigenvalue weighted by atomic mass is 10.0. The Labute approximate surface area is 172 Å². The van der Waals surface area contributed by atoms with Gasteiger partial charge in [-0.3, -0.25) is 19.9 Å². The highest BCUT2D eigenvalue weighted by atomic mass is 35.5. The summed E-state index contributed by atoms with van der Waals surface area (Å²) in [6.45, 7) is 2.00. The fourth-order valence-electron chi connectivity index (χ4n) is 3.73. The van der Waals surface area contributed by atoms with Gasteiger partial charge in [0.25, 0.3) is 11.6 Å². The summed E-state index contributed by atoms with van der Waals surface area (Å²) in [5.74, 6) is -0.566. The molecule has 2 aromatic carbocycles. The second-order valence-electron chi connectivity index (χ2n) is 6.97. The van der Waals surface area contributed by atoms with Crippen molar-refractivity contribution in [3.8, 4) is 0 Å². The first kappa shape index (κ1) is 19.1. The number of carbonyl (C=O) groups is 1. The van der Waals surface area contributed by atoms with Crippen molar-refractivity contribution in [1.82, 2.24) is 4.98 Å². The molecule has 1 aromatic heterocycles. The molecule has 0 unspecified atom stereocenters. The molecule has 0 spiro atoms. The number of hydrogen-bond donors (Lipinski definition) is 1. The normalized spacial score (nSPS) is 14.0. The van der Waals surface area contributed by atoms with Gasteiger partial charge >= 0.3 is 0 Å². The summed E-state index contributed by atoms with van der Waals surface area (Å²) < 4.78 is 0. The molecule has 3 aromatic rings. The van der Waals surface area contributed by atoms with Gasteiger partial charge in [0.05, 0.1) is 10.6 Å². The van der Waals surface area contributed by atoms with Crippen molar-refractivity contribution < 1.29 is 9.72 Å². The molecule has 1 aliphatic rings. The number of hydrogen-bond acceptors (Lipinski definition) is 5. The summed E-state index contributed by atoms with van der Waals surface area (Å²) in [5.41, 5.74) is 1.29. The highest BCUT2D eigenvalue weighted by Gasteiger charge is 2.22. The minimum absolute atomic E-state index is 0.0449. The number of nitrogens with zero attached hydrogens (tertiary/aromatic N) is 3. The van der Waals surface area contributed by atoms with E-state index in [1.807, 2.05) is 18.2 Å². The van der Waals surface area contributed by atoms with Crippen molar-refractivity contribution in [3.05, 3.63) is 69.5 Å². The number of fused-ring (bicyclic) bond motifs is 1. The van der Waals surface area contributed by atoms with Crippen LogP contribution >= 0.6 is 11.6 Å². The quantitative estimate of drug-likeness (QED) is 0.480. The Morgan fingerprint density at radius 2 is 1.90 bits per heavy atom. The highest BCUT2D eigenvalue weighted by molar-refractivity contribution is 6.31. The van der Waals surface area contributed by atoms with E-state index in [-0.39, 0.29) is 16.3 Å². The van der Waals surface area contributed by atoms with Crippen molar-refractivity contribution >= 4 is 45.3 Å². The van der Waals surface area contributed by atoms with Gasteiger partial charge in [-0.05, 0) is 49.6 Å². The third kappa shape index (κ3) is 3.86. The number of amides is 1. The molecule has 0 radical (unpaired) electrons. The van der Waals surface area contributed by atoms with Crippen molar-refractivity contribution in [2.24, 2.45) is 0 Å². The Kier molecular flexibility index (Phi) is 5.31. The number of benzene rings is 2. The fourth-order valence-corrected chi connectivity index (χ4v) is 3.90. The monoisotopic (exact) mass is 410 g/mol. The average Bonchev–Trinajstić information content (AvgIpc) is 2.74. The number of nitro benzene ring substituents is 1. The number of rotatable bonds is 4. The fraction of sp³-hybridized carbons (Fsp3) is 0.238. The van der Waals surface area contributed by atoms with Crippen LogP contribution in [-0.2, 0) is 0 Å². The number of nitro groups is 1. The molecule has 1 N–H and O–H groups in total. The topological polar surface area (TPSA) is 88.4 Å². The number of pyridine rings is 1. The maximum atomic E-state index is 12.8. The molecule has 29 heavy (non-hydrogen) atoms. The van der Waals surface area contributed by atoms with E-state index in [9.17, 15) is 14.9 Å². The molecule has 0 atom stereocenters. The number of carbonyl (C=O) groups excluding carboxylic acids is 1. The lowest BCUT2D eigenvalue weighted by Crippen LogP contribution is -2.29. The first-order valence-electron chi connectivity index (χ1n) is 9.41. The van der Waals surface area contributed by atoms with E-state index in [2.05, 4.69) is 15.2 Å². The molecule has 1 amide bonds. The van der Waals surface area contributed by atoms with Crippen LogP contribution in [-0.4, -0.2) is 28.9 Å². The van der Waals surface area contributed by atoms with Crippen molar-refractivity contribution in [3.63, 3.8) is 0 Å². The standard InChI is InChI=1S/C21H19ClN4O3/c22-14-4-5-16(20(12-14)26(28)29)21(27)24-18-6-7-19(25-10-2-1-3-11-25)15-8-9-23-13-17(15)18/h4-9,12-13H,1-3,10-11H2,(H,24,27). The van der Waals surface area contributed by atoms with E-state index in [0.717, 1.165) is 42.4 Å². The SMILES string of the molecule is O=C(Nc1ccc(N2CCCCC2)c2ccncc12)c1ccc(Cl)cc1[N+](=O)[O-]. The molecule has 1 saturated heterocycles. The minimum atomic E-state index is -0.611. The molecule has 1 aliphatic heterocycles. The number of aromatic nitrogens is 1. The van der Waals surface area contributed by atoms with Crippen LogP contribution in [0.4, 0.5) is 17.1 Å². The zero-order valence-corrected chi connectivity index (χ0v) is 16.4. The van der Waals surface area contributed by atoms with Crippen LogP contribution < -0.4 is 10.2 Å². The van der Waals surface area contributed by atoms with Gasteiger partial charge in [-0.2, -0.15) is 0 Å². The highest BCUT2D eigenvalue weighted by Crippen LogP contribution is 2.34. The van der Waals surface area contributed by atoms with Gasteiger partial charge in [-0.1, -0.05) is 11.6 Å². The molecule has 7 nitrogen and oxygen atoms in total. The summed E-state index contributed by atoms with van der Waals surface area (Å²) >= 11 is 5.85. The second-order valence-corrected chi connectivity index (χ2v) is 7.41. The van der Waals surface area contributed by atoms with Crippen LogP contribution in [0.15, 0.2) is 48.8 Å². The molecule has 0 aliphatic carbocycles. The predicted octanol–water partition coefficient (Wildman–Crippen LogP) is 5.04. The van der Waals surface area contributed by atoms with Crippen LogP contribution in [0.3, 0.4) is 0 Å². The number of piperidine rings is 1. The molecule has 4 rings (SSSR count). The average molecular weight is 411 g/mol. The van der Waals surface area contributed by atoms with E-state index in [0.29, 0.717) is 5.69 Å². The number of anilines is 2. The Balaban J connectivity index is 1.71. The zero-order chi connectivity index (χ0) is 20.4. The van der Waals surface area contributed by atoms with Crippen LogP contribution in [0.25, 0.3) is 10.8 Å². The van der Waals surface area contributed by atoms with Crippen molar-refractivity contribution in [1.29, 1.82) is 0 Å². The van der Waals surface area contributed by atoms with Crippen LogP contribution in [0, 0.1) is 10.1 Å². The Bertz CT molecular complexity index is 1100. The maximum absolute atomic E-state index is 12.8. The van der Waals surface area contributed by atoms with Gasteiger partial charge in [0.15, 0.2) is 0 Å².